The molecular weight excluding hydrogens is 224 g/mol. The molecule has 1 heterocycles. The molecule has 0 aromatic rings. The molecule has 108 valence electrons. The maximum absolute atomic E-state index is 5.93. The second-order valence-corrected chi connectivity index (χ2v) is 5.57. The van der Waals surface area contributed by atoms with Crippen molar-refractivity contribution < 1.29 is 9.47 Å². The van der Waals surface area contributed by atoms with Gasteiger partial charge in [-0.2, -0.15) is 0 Å². The van der Waals surface area contributed by atoms with E-state index in [0.29, 0.717) is 6.10 Å². The second-order valence-electron chi connectivity index (χ2n) is 5.57. The van der Waals surface area contributed by atoms with Gasteiger partial charge in [0.1, 0.15) is 0 Å². The molecule has 1 aliphatic heterocycles. The van der Waals surface area contributed by atoms with E-state index in [4.69, 9.17) is 9.47 Å². The third-order valence-corrected chi connectivity index (χ3v) is 3.74. The molecule has 0 aliphatic carbocycles. The van der Waals surface area contributed by atoms with Gasteiger partial charge in [-0.1, -0.05) is 65.2 Å². The van der Waals surface area contributed by atoms with Crippen LogP contribution in [0.25, 0.3) is 0 Å². The summed E-state index contributed by atoms with van der Waals surface area (Å²) in [4.78, 5) is 0. The van der Waals surface area contributed by atoms with Crippen molar-refractivity contribution in [1.29, 1.82) is 0 Å². The number of hydrogen-bond donors (Lipinski definition) is 0. The maximum Gasteiger partial charge on any atom is 0.158 e. The van der Waals surface area contributed by atoms with E-state index >= 15 is 0 Å². The molecule has 1 rings (SSSR count). The first kappa shape index (κ1) is 16.0. The first-order valence-corrected chi connectivity index (χ1v) is 8.13. The molecule has 0 aromatic heterocycles. The van der Waals surface area contributed by atoms with Gasteiger partial charge in [-0.3, -0.25) is 0 Å². The zero-order valence-electron chi connectivity index (χ0n) is 12.5. The molecule has 0 radical (unpaired) electrons. The topological polar surface area (TPSA) is 18.5 Å². The van der Waals surface area contributed by atoms with Crippen molar-refractivity contribution >= 4 is 0 Å². The fraction of sp³-hybridized carbons (Fsp3) is 1.00. The zero-order chi connectivity index (χ0) is 13.1. The molecule has 2 nitrogen and oxygen atoms in total. The lowest BCUT2D eigenvalue weighted by Crippen LogP contribution is -2.12. The van der Waals surface area contributed by atoms with Gasteiger partial charge in [0.15, 0.2) is 6.29 Å². The Bertz CT molecular complexity index is 182. The predicted molar refractivity (Wildman–Crippen MR) is 76.7 cm³/mol. The summed E-state index contributed by atoms with van der Waals surface area (Å²) in [6.45, 7) is 5.33. The fourth-order valence-corrected chi connectivity index (χ4v) is 2.52. The normalized spacial score (nSPS) is 23.7. The molecule has 0 amide bonds. The lowest BCUT2D eigenvalue weighted by molar-refractivity contribution is -0.0643. The third-order valence-electron chi connectivity index (χ3n) is 3.74. The van der Waals surface area contributed by atoms with E-state index in [-0.39, 0.29) is 6.29 Å². The van der Waals surface area contributed by atoms with Crippen LogP contribution in [-0.4, -0.2) is 19.0 Å². The zero-order valence-corrected chi connectivity index (χ0v) is 12.5. The average molecular weight is 256 g/mol. The van der Waals surface area contributed by atoms with Crippen LogP contribution in [0.5, 0.6) is 0 Å². The molecule has 0 N–H and O–H groups in total. The molecule has 2 unspecified atom stereocenters. The van der Waals surface area contributed by atoms with Gasteiger partial charge in [-0.15, -0.1) is 0 Å². The number of unbranched alkanes of at least 4 members (excludes halogenated alkanes) is 7. The van der Waals surface area contributed by atoms with E-state index in [2.05, 4.69) is 13.8 Å². The Hall–Kier alpha value is -0.0800. The molecule has 0 aromatic carbocycles. The Kier molecular flexibility index (Phi) is 9.59. The quantitative estimate of drug-likeness (QED) is 0.481. The molecule has 1 fully saturated rings. The van der Waals surface area contributed by atoms with E-state index in [1.165, 1.54) is 64.2 Å². The van der Waals surface area contributed by atoms with Gasteiger partial charge in [-0.05, 0) is 19.3 Å². The third kappa shape index (κ3) is 7.38. The first-order valence-electron chi connectivity index (χ1n) is 8.13. The molecule has 0 bridgehead atoms. The van der Waals surface area contributed by atoms with Gasteiger partial charge < -0.3 is 9.47 Å². The van der Waals surface area contributed by atoms with Crippen LogP contribution < -0.4 is 0 Å². The summed E-state index contributed by atoms with van der Waals surface area (Å²) in [5, 5.41) is 0. The summed E-state index contributed by atoms with van der Waals surface area (Å²) in [5.74, 6) is 0. The molecule has 0 spiro atoms. The van der Waals surface area contributed by atoms with Crippen LogP contribution in [0.1, 0.15) is 84.5 Å². The highest BCUT2D eigenvalue weighted by Gasteiger charge is 2.24. The van der Waals surface area contributed by atoms with Crippen LogP contribution >= 0.6 is 0 Å². The fourth-order valence-electron chi connectivity index (χ4n) is 2.52. The van der Waals surface area contributed by atoms with Crippen molar-refractivity contribution in [3.8, 4) is 0 Å². The van der Waals surface area contributed by atoms with Crippen molar-refractivity contribution in [2.75, 3.05) is 6.61 Å². The van der Waals surface area contributed by atoms with E-state index in [1.54, 1.807) is 0 Å². The largest absolute Gasteiger partial charge is 0.350 e. The van der Waals surface area contributed by atoms with Crippen molar-refractivity contribution in [2.24, 2.45) is 0 Å². The Labute approximate surface area is 113 Å². The van der Waals surface area contributed by atoms with E-state index < -0.39 is 0 Å². The Balaban J connectivity index is 1.92. The molecule has 1 aliphatic rings. The summed E-state index contributed by atoms with van der Waals surface area (Å²) < 4.78 is 11.6. The predicted octanol–water partition coefficient (Wildman–Crippen LogP) is 5.06. The van der Waals surface area contributed by atoms with Gasteiger partial charge in [0.25, 0.3) is 0 Å². The van der Waals surface area contributed by atoms with Crippen molar-refractivity contribution in [3.63, 3.8) is 0 Å². The maximum atomic E-state index is 5.93. The highest BCUT2D eigenvalue weighted by atomic mass is 16.7. The van der Waals surface area contributed by atoms with Crippen LogP contribution in [-0.2, 0) is 9.47 Å². The van der Waals surface area contributed by atoms with Gasteiger partial charge in [-0.25, -0.2) is 0 Å². The molecule has 2 heteroatoms. The number of hydrogen-bond acceptors (Lipinski definition) is 2. The minimum absolute atomic E-state index is 0.0995. The minimum Gasteiger partial charge on any atom is -0.350 e. The van der Waals surface area contributed by atoms with Crippen molar-refractivity contribution in [2.45, 2.75) is 96.9 Å². The van der Waals surface area contributed by atoms with Gasteiger partial charge in [0, 0.05) is 0 Å². The summed E-state index contributed by atoms with van der Waals surface area (Å²) in [7, 11) is 0. The second kappa shape index (κ2) is 10.8. The summed E-state index contributed by atoms with van der Waals surface area (Å²) in [6.07, 6.45) is 14.7. The van der Waals surface area contributed by atoms with Crippen molar-refractivity contribution in [1.82, 2.24) is 0 Å². The Morgan fingerprint density at radius 1 is 0.778 bits per heavy atom. The summed E-state index contributed by atoms with van der Waals surface area (Å²) in [6, 6.07) is 0. The van der Waals surface area contributed by atoms with Crippen LogP contribution in [0.3, 0.4) is 0 Å². The highest BCUT2D eigenvalue weighted by Crippen LogP contribution is 2.21. The SMILES string of the molecule is CCCCCCCC1COC(CCCCCC)O1. The standard InChI is InChI=1S/C16H32O2/c1-3-5-7-9-10-12-15-14-17-16(18-15)13-11-8-6-4-2/h15-16H,3-14H2,1-2H3. The van der Waals surface area contributed by atoms with E-state index in [0.717, 1.165) is 13.0 Å². The molecule has 18 heavy (non-hydrogen) atoms. The smallest absolute Gasteiger partial charge is 0.158 e. The van der Waals surface area contributed by atoms with Crippen molar-refractivity contribution in [3.05, 3.63) is 0 Å². The highest BCUT2D eigenvalue weighted by molar-refractivity contribution is 4.66. The van der Waals surface area contributed by atoms with Crippen LogP contribution in [0.15, 0.2) is 0 Å². The average Bonchev–Trinajstić information content (AvgIpc) is 2.82. The van der Waals surface area contributed by atoms with E-state index in [9.17, 15) is 0 Å². The summed E-state index contributed by atoms with van der Waals surface area (Å²) >= 11 is 0. The summed E-state index contributed by atoms with van der Waals surface area (Å²) in [5.41, 5.74) is 0. The van der Waals surface area contributed by atoms with Crippen LogP contribution in [0.4, 0.5) is 0 Å². The van der Waals surface area contributed by atoms with Gasteiger partial charge >= 0.3 is 0 Å². The molecular formula is C16H32O2. The lowest BCUT2D eigenvalue weighted by Gasteiger charge is -2.11. The number of ether oxygens (including phenoxy) is 2. The van der Waals surface area contributed by atoms with Crippen LogP contribution in [0.2, 0.25) is 0 Å². The molecule has 1 saturated heterocycles. The minimum atomic E-state index is 0.0995. The van der Waals surface area contributed by atoms with E-state index in [1.807, 2.05) is 0 Å². The van der Waals surface area contributed by atoms with Gasteiger partial charge in [0.2, 0.25) is 0 Å². The lowest BCUT2D eigenvalue weighted by atomic mass is 10.1. The number of rotatable bonds is 11. The Morgan fingerprint density at radius 2 is 1.39 bits per heavy atom. The first-order chi connectivity index (χ1) is 8.86. The Morgan fingerprint density at radius 3 is 2.11 bits per heavy atom. The molecule has 0 saturated carbocycles. The molecule has 2 atom stereocenters. The monoisotopic (exact) mass is 256 g/mol. The van der Waals surface area contributed by atoms with Crippen LogP contribution in [0, 0.1) is 0 Å². The van der Waals surface area contributed by atoms with Gasteiger partial charge in [0.05, 0.1) is 12.7 Å².